The fraction of sp³-hybridized carbons (Fsp3) is 0. The van der Waals surface area contributed by atoms with Gasteiger partial charge >= 0.3 is 0 Å². The van der Waals surface area contributed by atoms with Gasteiger partial charge in [0.05, 0.1) is 5.51 Å². The van der Waals surface area contributed by atoms with Gasteiger partial charge in [-0.2, -0.15) is 5.21 Å². The highest BCUT2D eigenvalue weighted by Crippen LogP contribution is 1.85. The summed E-state index contributed by atoms with van der Waals surface area (Å²) in [5.74, 6) is 0.176. The molecule has 6 nitrogen and oxygen atoms in total. The first-order valence-corrected chi connectivity index (χ1v) is 3.65. The van der Waals surface area contributed by atoms with E-state index in [-0.39, 0.29) is 5.95 Å². The second kappa shape index (κ2) is 4.34. The van der Waals surface area contributed by atoms with Crippen LogP contribution in [0.3, 0.4) is 0 Å². The summed E-state index contributed by atoms with van der Waals surface area (Å²) < 4.78 is 0. The Morgan fingerprint density at radius 1 is 1.55 bits per heavy atom. The Labute approximate surface area is 66.5 Å². The van der Waals surface area contributed by atoms with Crippen LogP contribution in [0, 0.1) is 0 Å². The van der Waals surface area contributed by atoms with Gasteiger partial charge in [0.1, 0.15) is 0 Å². The number of anilines is 1. The molecule has 0 amide bonds. The van der Waals surface area contributed by atoms with E-state index in [0.29, 0.717) is 0 Å². The second-order valence-electron chi connectivity index (χ2n) is 1.45. The Morgan fingerprint density at radius 2 is 2.45 bits per heavy atom. The van der Waals surface area contributed by atoms with E-state index in [1.165, 1.54) is 0 Å². The molecule has 0 unspecified atom stereocenters. The Kier molecular flexibility index (Phi) is 3.00. The molecule has 0 saturated carbocycles. The maximum atomic E-state index is 4.96. The lowest BCUT2D eigenvalue weighted by Gasteiger charge is -1.62. The molecule has 7 heteroatoms. The van der Waals surface area contributed by atoms with Crippen molar-refractivity contribution in [3.8, 4) is 0 Å². The molecule has 2 aromatic heterocycles. The highest BCUT2D eigenvalue weighted by Gasteiger charge is 1.78. The third kappa shape index (κ3) is 3.26. The summed E-state index contributed by atoms with van der Waals surface area (Å²) in [6.07, 6.45) is 1.77. The average molecular weight is 170 g/mol. The lowest BCUT2D eigenvalue weighted by Crippen LogP contribution is -1.84. The van der Waals surface area contributed by atoms with Crippen LogP contribution in [-0.4, -0.2) is 25.6 Å². The number of hydrogen-bond donors (Lipinski definition) is 2. The summed E-state index contributed by atoms with van der Waals surface area (Å²) in [5, 5.41) is 14.0. The van der Waals surface area contributed by atoms with Crippen molar-refractivity contribution in [3.63, 3.8) is 0 Å². The lowest BCUT2D eigenvalue weighted by atomic mass is 11.0. The molecule has 0 fully saturated rings. The van der Waals surface area contributed by atoms with Gasteiger partial charge in [-0.25, -0.2) is 0 Å². The first-order chi connectivity index (χ1) is 5.39. The summed E-state index contributed by atoms with van der Waals surface area (Å²) >= 11 is 1.60. The standard InChI is InChI=1S/C3H3NS.CH3N5/c1-2-5-3-4-1;2-1-3-5-6-4-1/h1-3H;(H3,2,3,4,5,6). The number of thiazole rings is 1. The van der Waals surface area contributed by atoms with Crippen molar-refractivity contribution in [1.82, 2.24) is 25.6 Å². The van der Waals surface area contributed by atoms with Gasteiger partial charge in [0.25, 0.3) is 5.95 Å². The minimum Gasteiger partial charge on any atom is -0.365 e. The Bertz CT molecular complexity index is 233. The Hall–Kier alpha value is -1.50. The van der Waals surface area contributed by atoms with Gasteiger partial charge in [0, 0.05) is 11.6 Å². The van der Waals surface area contributed by atoms with E-state index in [4.69, 9.17) is 5.73 Å². The van der Waals surface area contributed by atoms with Gasteiger partial charge in [0.15, 0.2) is 0 Å². The van der Waals surface area contributed by atoms with Crippen LogP contribution >= 0.6 is 11.3 Å². The van der Waals surface area contributed by atoms with Crippen molar-refractivity contribution in [1.29, 1.82) is 0 Å². The minimum absolute atomic E-state index is 0.176. The van der Waals surface area contributed by atoms with Crippen LogP contribution in [0.15, 0.2) is 17.1 Å². The van der Waals surface area contributed by atoms with Gasteiger partial charge < -0.3 is 5.73 Å². The van der Waals surface area contributed by atoms with Gasteiger partial charge in [-0.3, -0.25) is 4.98 Å². The van der Waals surface area contributed by atoms with Crippen molar-refractivity contribution in [3.05, 3.63) is 17.1 Å². The predicted molar refractivity (Wildman–Crippen MR) is 40.7 cm³/mol. The fourth-order valence-electron chi connectivity index (χ4n) is 0.345. The molecule has 2 aromatic rings. The molecule has 0 aliphatic heterocycles. The Morgan fingerprint density at radius 3 is 2.64 bits per heavy atom. The third-order valence-electron chi connectivity index (χ3n) is 0.709. The van der Waals surface area contributed by atoms with E-state index in [9.17, 15) is 0 Å². The van der Waals surface area contributed by atoms with Crippen LogP contribution in [0.25, 0.3) is 0 Å². The van der Waals surface area contributed by atoms with E-state index in [1.807, 2.05) is 5.38 Å². The summed E-state index contributed by atoms with van der Waals surface area (Å²) in [7, 11) is 0. The number of rotatable bonds is 0. The van der Waals surface area contributed by atoms with Crippen molar-refractivity contribution >= 4 is 17.3 Å². The number of nitrogens with one attached hydrogen (secondary N) is 1. The zero-order valence-electron chi connectivity index (χ0n) is 5.51. The second-order valence-corrected chi connectivity index (χ2v) is 2.20. The topological polar surface area (TPSA) is 93.4 Å². The monoisotopic (exact) mass is 170 g/mol. The number of nitrogen functional groups attached to an aromatic ring is 1. The molecule has 0 atom stereocenters. The van der Waals surface area contributed by atoms with E-state index < -0.39 is 0 Å². The van der Waals surface area contributed by atoms with E-state index >= 15 is 0 Å². The minimum atomic E-state index is 0.176. The van der Waals surface area contributed by atoms with E-state index in [2.05, 4.69) is 25.6 Å². The normalized spacial score (nSPS) is 8.36. The molecular weight excluding hydrogens is 164 g/mol. The third-order valence-corrected chi connectivity index (χ3v) is 1.23. The summed E-state index contributed by atoms with van der Waals surface area (Å²) in [4.78, 5) is 3.74. The molecule has 0 aliphatic rings. The average Bonchev–Trinajstić information content (AvgIpc) is 2.57. The molecule has 2 rings (SSSR count). The molecule has 0 spiro atoms. The van der Waals surface area contributed by atoms with Gasteiger partial charge in [-0.05, 0) is 5.21 Å². The summed E-state index contributed by atoms with van der Waals surface area (Å²) in [5.41, 5.74) is 6.75. The van der Waals surface area contributed by atoms with Gasteiger partial charge in [-0.15, -0.1) is 16.4 Å². The zero-order valence-corrected chi connectivity index (χ0v) is 6.32. The lowest BCUT2D eigenvalue weighted by molar-refractivity contribution is 0.881. The smallest absolute Gasteiger partial charge is 0.260 e. The molecule has 0 radical (unpaired) electrons. The number of aromatic nitrogens is 5. The first kappa shape index (κ1) is 7.61. The first-order valence-electron chi connectivity index (χ1n) is 2.70. The maximum absolute atomic E-state index is 4.96. The largest absolute Gasteiger partial charge is 0.365 e. The number of hydrogen-bond acceptors (Lipinski definition) is 6. The summed E-state index contributed by atoms with van der Waals surface area (Å²) in [6, 6.07) is 0. The van der Waals surface area contributed by atoms with Crippen molar-refractivity contribution in [2.45, 2.75) is 0 Å². The van der Waals surface area contributed by atoms with E-state index in [1.54, 1.807) is 23.0 Å². The van der Waals surface area contributed by atoms with Crippen LogP contribution < -0.4 is 5.73 Å². The maximum Gasteiger partial charge on any atom is 0.260 e. The van der Waals surface area contributed by atoms with Crippen LogP contribution in [-0.2, 0) is 0 Å². The van der Waals surface area contributed by atoms with Gasteiger partial charge in [0.2, 0.25) is 0 Å². The SMILES string of the molecule is Nc1nn[nH]n1.c1cscn1. The molecule has 3 N–H and O–H groups in total. The Balaban J connectivity index is 0.000000112. The van der Waals surface area contributed by atoms with E-state index in [0.717, 1.165) is 0 Å². The van der Waals surface area contributed by atoms with Crippen LogP contribution in [0.1, 0.15) is 0 Å². The van der Waals surface area contributed by atoms with Crippen molar-refractivity contribution in [2.75, 3.05) is 5.73 Å². The van der Waals surface area contributed by atoms with Crippen molar-refractivity contribution < 1.29 is 0 Å². The number of tetrazole rings is 1. The molecule has 0 saturated heterocycles. The number of nitrogens with two attached hydrogens (primary N) is 1. The fourth-order valence-corrected chi connectivity index (χ4v) is 0.697. The molecule has 0 aliphatic carbocycles. The molecule has 11 heavy (non-hydrogen) atoms. The number of aromatic amines is 1. The highest BCUT2D eigenvalue weighted by atomic mass is 32.1. The highest BCUT2D eigenvalue weighted by molar-refractivity contribution is 7.07. The molecule has 58 valence electrons. The van der Waals surface area contributed by atoms with Crippen LogP contribution in [0.2, 0.25) is 0 Å². The predicted octanol–water partition coefficient (Wildman–Crippen LogP) is -0.0750. The number of H-pyrrole nitrogens is 1. The molecular formula is C4H6N6S. The van der Waals surface area contributed by atoms with Gasteiger partial charge in [-0.1, -0.05) is 5.10 Å². The molecule has 2 heterocycles. The summed E-state index contributed by atoms with van der Waals surface area (Å²) in [6.45, 7) is 0. The van der Waals surface area contributed by atoms with Crippen molar-refractivity contribution in [2.24, 2.45) is 0 Å². The molecule has 0 aromatic carbocycles. The van der Waals surface area contributed by atoms with Crippen LogP contribution in [0.4, 0.5) is 5.95 Å². The van der Waals surface area contributed by atoms with Crippen LogP contribution in [0.5, 0.6) is 0 Å². The number of nitrogens with zero attached hydrogens (tertiary/aromatic N) is 4. The quantitative estimate of drug-likeness (QED) is 0.577. The molecule has 0 bridgehead atoms. The zero-order chi connectivity index (χ0) is 7.94.